The van der Waals surface area contributed by atoms with Crippen molar-refractivity contribution in [2.75, 3.05) is 12.4 Å². The Morgan fingerprint density at radius 2 is 1.92 bits per heavy atom. The molecule has 132 valence electrons. The minimum absolute atomic E-state index is 0.190. The van der Waals surface area contributed by atoms with Crippen LogP contribution in [0.4, 0.5) is 11.4 Å². The molecule has 0 fully saturated rings. The minimum atomic E-state index is -0.492. The standard InChI is InChI=1S/C20H20N4O2/c1-26-17-9-5-8-16(14-17)23-13-11-19(25)20(22)18(10-12-21)24-15-6-3-2-4-7-15/h2-14,22-23H,21H2,1H3/b12-10?,13-11-,22-20?,24-18?. The van der Waals surface area contributed by atoms with Gasteiger partial charge in [0.05, 0.1) is 18.5 Å². The zero-order valence-electron chi connectivity index (χ0n) is 14.3. The van der Waals surface area contributed by atoms with Crippen LogP contribution < -0.4 is 15.8 Å². The van der Waals surface area contributed by atoms with Gasteiger partial charge in [0.1, 0.15) is 11.5 Å². The van der Waals surface area contributed by atoms with Crippen molar-refractivity contribution >= 4 is 28.6 Å². The van der Waals surface area contributed by atoms with Crippen LogP contribution in [0.5, 0.6) is 5.75 Å². The first kappa shape index (κ1) is 18.7. The number of hydrogen-bond donors (Lipinski definition) is 3. The SMILES string of the molecule is COc1cccc(N/C=C\C(=O)C(=N)C(C=CN)=Nc2ccccc2)c1. The average molecular weight is 348 g/mol. The lowest BCUT2D eigenvalue weighted by Crippen LogP contribution is -2.20. The van der Waals surface area contributed by atoms with Crippen LogP contribution >= 0.6 is 0 Å². The molecule has 6 nitrogen and oxygen atoms in total. The number of allylic oxidation sites excluding steroid dienone is 2. The molecule has 0 saturated heterocycles. The van der Waals surface area contributed by atoms with Gasteiger partial charge in [0.2, 0.25) is 5.78 Å². The molecule has 0 spiro atoms. The largest absolute Gasteiger partial charge is 0.497 e. The molecule has 0 radical (unpaired) electrons. The summed E-state index contributed by atoms with van der Waals surface area (Å²) >= 11 is 0. The van der Waals surface area contributed by atoms with Gasteiger partial charge in [0.25, 0.3) is 0 Å². The smallest absolute Gasteiger partial charge is 0.207 e. The lowest BCUT2D eigenvalue weighted by molar-refractivity contribution is -0.108. The molecule has 26 heavy (non-hydrogen) atoms. The molecule has 0 amide bonds. The number of ketones is 1. The van der Waals surface area contributed by atoms with E-state index in [1.807, 2.05) is 36.4 Å². The van der Waals surface area contributed by atoms with Crippen LogP contribution in [0.15, 0.2) is 84.1 Å². The molecule has 0 saturated carbocycles. The number of aliphatic imine (C=N–C) groups is 1. The third-order valence-electron chi connectivity index (χ3n) is 3.32. The number of anilines is 1. The maximum Gasteiger partial charge on any atom is 0.207 e. The monoisotopic (exact) mass is 348 g/mol. The zero-order chi connectivity index (χ0) is 18.8. The van der Waals surface area contributed by atoms with Gasteiger partial charge in [-0.15, -0.1) is 0 Å². The Hall–Kier alpha value is -3.67. The maximum atomic E-state index is 12.2. The van der Waals surface area contributed by atoms with E-state index in [0.29, 0.717) is 11.4 Å². The average Bonchev–Trinajstić information content (AvgIpc) is 2.68. The molecule has 0 aromatic heterocycles. The summed E-state index contributed by atoms with van der Waals surface area (Å²) < 4.78 is 5.14. The summed E-state index contributed by atoms with van der Waals surface area (Å²) in [4.78, 5) is 16.5. The van der Waals surface area contributed by atoms with Crippen molar-refractivity contribution in [2.45, 2.75) is 0 Å². The van der Waals surface area contributed by atoms with Gasteiger partial charge in [0.15, 0.2) is 0 Å². The first-order valence-corrected chi connectivity index (χ1v) is 7.86. The Bertz CT molecular complexity index is 855. The fourth-order valence-corrected chi connectivity index (χ4v) is 2.05. The second-order valence-corrected chi connectivity index (χ2v) is 5.14. The number of para-hydroxylation sites is 1. The van der Waals surface area contributed by atoms with Crippen LogP contribution in [0.2, 0.25) is 0 Å². The van der Waals surface area contributed by atoms with E-state index in [1.54, 1.807) is 25.3 Å². The number of hydrogen-bond acceptors (Lipinski definition) is 6. The highest BCUT2D eigenvalue weighted by Gasteiger charge is 2.11. The molecule has 0 heterocycles. The van der Waals surface area contributed by atoms with E-state index >= 15 is 0 Å². The van der Waals surface area contributed by atoms with Gasteiger partial charge in [0, 0.05) is 24.0 Å². The Morgan fingerprint density at radius 1 is 1.15 bits per heavy atom. The van der Waals surface area contributed by atoms with Gasteiger partial charge in [-0.05, 0) is 36.5 Å². The molecule has 0 atom stereocenters. The Labute approximate surface area is 152 Å². The lowest BCUT2D eigenvalue weighted by atomic mass is 10.1. The molecule has 2 rings (SSSR count). The maximum absolute atomic E-state index is 12.2. The van der Waals surface area contributed by atoms with Crippen LogP contribution in [0.1, 0.15) is 0 Å². The van der Waals surface area contributed by atoms with E-state index in [-0.39, 0.29) is 11.4 Å². The molecule has 0 bridgehead atoms. The Kier molecular flexibility index (Phi) is 6.88. The van der Waals surface area contributed by atoms with Gasteiger partial charge in [-0.3, -0.25) is 10.2 Å². The molecule has 2 aromatic carbocycles. The molecule has 0 aliphatic rings. The van der Waals surface area contributed by atoms with Crippen LogP contribution in [-0.4, -0.2) is 24.3 Å². The van der Waals surface area contributed by atoms with Crippen molar-refractivity contribution in [1.82, 2.24) is 0 Å². The quantitative estimate of drug-likeness (QED) is 0.502. The van der Waals surface area contributed by atoms with Gasteiger partial charge < -0.3 is 15.8 Å². The number of carbonyl (C=O) groups excluding carboxylic acids is 1. The van der Waals surface area contributed by atoms with E-state index < -0.39 is 5.78 Å². The molecule has 0 aliphatic carbocycles. The number of rotatable bonds is 8. The number of ether oxygens (including phenoxy) is 1. The number of nitrogens with two attached hydrogens (primary N) is 1. The van der Waals surface area contributed by atoms with Gasteiger partial charge in [-0.1, -0.05) is 24.3 Å². The number of methoxy groups -OCH3 is 1. The van der Waals surface area contributed by atoms with Crippen LogP contribution in [0, 0.1) is 5.41 Å². The van der Waals surface area contributed by atoms with Crippen molar-refractivity contribution in [3.05, 3.63) is 79.1 Å². The van der Waals surface area contributed by atoms with E-state index in [2.05, 4.69) is 10.3 Å². The summed E-state index contributed by atoms with van der Waals surface area (Å²) in [5, 5.41) is 11.0. The molecular formula is C20H20N4O2. The van der Waals surface area contributed by atoms with E-state index in [9.17, 15) is 4.79 Å². The summed E-state index contributed by atoms with van der Waals surface area (Å²) in [5.74, 6) is 0.209. The number of nitrogens with zero attached hydrogens (tertiary/aromatic N) is 1. The summed E-state index contributed by atoms with van der Waals surface area (Å²) in [7, 11) is 1.58. The highest BCUT2D eigenvalue weighted by atomic mass is 16.5. The zero-order valence-corrected chi connectivity index (χ0v) is 14.3. The van der Waals surface area contributed by atoms with Crippen LogP contribution in [-0.2, 0) is 4.79 Å². The third kappa shape index (κ3) is 5.45. The summed E-state index contributed by atoms with van der Waals surface area (Å²) in [6.07, 6.45) is 5.42. The van der Waals surface area contributed by atoms with E-state index in [1.165, 1.54) is 24.6 Å². The third-order valence-corrected chi connectivity index (χ3v) is 3.32. The normalized spacial score (nSPS) is 11.7. The molecular weight excluding hydrogens is 328 g/mol. The minimum Gasteiger partial charge on any atom is -0.497 e. The van der Waals surface area contributed by atoms with Crippen molar-refractivity contribution in [2.24, 2.45) is 10.7 Å². The summed E-state index contributed by atoms with van der Waals surface area (Å²) in [5.41, 5.74) is 6.75. The highest BCUT2D eigenvalue weighted by molar-refractivity contribution is 6.70. The van der Waals surface area contributed by atoms with Crippen molar-refractivity contribution < 1.29 is 9.53 Å². The van der Waals surface area contributed by atoms with E-state index in [4.69, 9.17) is 15.9 Å². The molecule has 0 aliphatic heterocycles. The predicted molar refractivity (Wildman–Crippen MR) is 105 cm³/mol. The van der Waals surface area contributed by atoms with Gasteiger partial charge in [-0.25, -0.2) is 4.99 Å². The highest BCUT2D eigenvalue weighted by Crippen LogP contribution is 2.16. The second-order valence-electron chi connectivity index (χ2n) is 5.14. The van der Waals surface area contributed by atoms with Crippen molar-refractivity contribution in [3.8, 4) is 5.75 Å². The van der Waals surface area contributed by atoms with Crippen LogP contribution in [0.3, 0.4) is 0 Å². The Balaban J connectivity index is 2.08. The second kappa shape index (κ2) is 9.58. The first-order valence-electron chi connectivity index (χ1n) is 7.86. The lowest BCUT2D eigenvalue weighted by Gasteiger charge is -2.04. The molecule has 6 heteroatoms. The van der Waals surface area contributed by atoms with Crippen molar-refractivity contribution in [1.29, 1.82) is 5.41 Å². The number of benzene rings is 2. The molecule has 0 unspecified atom stereocenters. The fraction of sp³-hybridized carbons (Fsp3) is 0.0500. The topological polar surface area (TPSA) is 101 Å². The van der Waals surface area contributed by atoms with Gasteiger partial charge in [-0.2, -0.15) is 0 Å². The molecule has 4 N–H and O–H groups in total. The first-order chi connectivity index (χ1) is 12.6. The number of carbonyl (C=O) groups is 1. The summed E-state index contributed by atoms with van der Waals surface area (Å²) in [6, 6.07) is 16.3. The fourth-order valence-electron chi connectivity index (χ4n) is 2.05. The van der Waals surface area contributed by atoms with Crippen LogP contribution in [0.25, 0.3) is 0 Å². The van der Waals surface area contributed by atoms with Crippen molar-refractivity contribution in [3.63, 3.8) is 0 Å². The Morgan fingerprint density at radius 3 is 2.62 bits per heavy atom. The number of nitrogens with one attached hydrogen (secondary N) is 2. The predicted octanol–water partition coefficient (Wildman–Crippen LogP) is 3.45. The summed E-state index contributed by atoms with van der Waals surface area (Å²) in [6.45, 7) is 0. The van der Waals surface area contributed by atoms with Gasteiger partial charge >= 0.3 is 0 Å². The van der Waals surface area contributed by atoms with E-state index in [0.717, 1.165) is 5.69 Å². The molecule has 2 aromatic rings.